The van der Waals surface area contributed by atoms with Gasteiger partial charge in [-0.2, -0.15) is 0 Å². The van der Waals surface area contributed by atoms with E-state index in [1.165, 1.54) is 6.20 Å². The number of carbonyl (C=O) groups excluding carboxylic acids is 1. The zero-order valence-electron chi connectivity index (χ0n) is 8.10. The number of carbonyl (C=O) groups is 1. The molecule has 4 heteroatoms. The average molecular weight is 191 g/mol. The van der Waals surface area contributed by atoms with Gasteiger partial charge in [0.15, 0.2) is 0 Å². The lowest BCUT2D eigenvalue weighted by molar-refractivity contribution is 0.0785. The Morgan fingerprint density at radius 2 is 2.29 bits per heavy atom. The van der Waals surface area contributed by atoms with E-state index >= 15 is 0 Å². The smallest absolute Gasteiger partial charge is 0.255 e. The Morgan fingerprint density at radius 3 is 2.79 bits per heavy atom. The van der Waals surface area contributed by atoms with E-state index in [9.17, 15) is 4.79 Å². The summed E-state index contributed by atoms with van der Waals surface area (Å²) in [6, 6.07) is 3.79. The van der Waals surface area contributed by atoms with Crippen LogP contribution in [0.2, 0.25) is 0 Å². The molecule has 1 aliphatic rings. The second-order valence-electron chi connectivity index (χ2n) is 3.62. The molecule has 0 saturated heterocycles. The summed E-state index contributed by atoms with van der Waals surface area (Å²) >= 11 is 0. The summed E-state index contributed by atoms with van der Waals surface area (Å²) in [5.41, 5.74) is 6.04. The van der Waals surface area contributed by atoms with Crippen LogP contribution in [0.4, 0.5) is 5.82 Å². The highest BCUT2D eigenvalue weighted by atomic mass is 16.2. The van der Waals surface area contributed by atoms with Gasteiger partial charge >= 0.3 is 0 Å². The second kappa shape index (κ2) is 3.29. The van der Waals surface area contributed by atoms with Crippen molar-refractivity contribution in [2.75, 3.05) is 12.8 Å². The van der Waals surface area contributed by atoms with Crippen molar-refractivity contribution in [3.05, 3.63) is 23.9 Å². The summed E-state index contributed by atoms with van der Waals surface area (Å²) in [4.78, 5) is 17.4. The molecule has 1 aliphatic carbocycles. The Kier molecular flexibility index (Phi) is 2.11. The Morgan fingerprint density at radius 1 is 1.57 bits per heavy atom. The maximum atomic E-state index is 11.8. The Hall–Kier alpha value is -1.58. The van der Waals surface area contributed by atoms with E-state index in [1.54, 1.807) is 17.0 Å². The average Bonchev–Trinajstić information content (AvgIpc) is 3.00. The highest BCUT2D eigenvalue weighted by molar-refractivity contribution is 5.94. The topological polar surface area (TPSA) is 59.2 Å². The minimum Gasteiger partial charge on any atom is -0.384 e. The molecule has 1 aromatic rings. The van der Waals surface area contributed by atoms with E-state index in [2.05, 4.69) is 4.98 Å². The Balaban J connectivity index is 2.13. The number of nitrogens with two attached hydrogens (primary N) is 1. The molecule has 1 heterocycles. The van der Waals surface area contributed by atoms with Gasteiger partial charge in [-0.25, -0.2) is 4.98 Å². The first-order chi connectivity index (χ1) is 6.68. The molecule has 1 amide bonds. The third-order valence-corrected chi connectivity index (χ3v) is 2.45. The minimum absolute atomic E-state index is 0.0278. The van der Waals surface area contributed by atoms with Gasteiger partial charge in [-0.15, -0.1) is 0 Å². The van der Waals surface area contributed by atoms with Crippen LogP contribution in [0.5, 0.6) is 0 Å². The first-order valence-electron chi connectivity index (χ1n) is 4.67. The van der Waals surface area contributed by atoms with Crippen molar-refractivity contribution in [3.63, 3.8) is 0 Å². The number of hydrogen-bond donors (Lipinski definition) is 1. The molecular weight excluding hydrogens is 178 g/mol. The number of pyridine rings is 1. The van der Waals surface area contributed by atoms with Crippen LogP contribution in [0.3, 0.4) is 0 Å². The van der Waals surface area contributed by atoms with Crippen LogP contribution in [0.1, 0.15) is 23.2 Å². The molecule has 1 aromatic heterocycles. The van der Waals surface area contributed by atoms with E-state index in [0.29, 0.717) is 17.4 Å². The molecular formula is C10H13N3O. The monoisotopic (exact) mass is 191 g/mol. The van der Waals surface area contributed by atoms with E-state index < -0.39 is 0 Å². The molecule has 2 N–H and O–H groups in total. The first-order valence-corrected chi connectivity index (χ1v) is 4.67. The van der Waals surface area contributed by atoms with Gasteiger partial charge in [0.1, 0.15) is 5.82 Å². The quantitative estimate of drug-likeness (QED) is 0.755. The Labute approximate surface area is 82.7 Å². The lowest BCUT2D eigenvalue weighted by Gasteiger charge is -2.15. The zero-order valence-corrected chi connectivity index (χ0v) is 8.10. The van der Waals surface area contributed by atoms with E-state index in [1.807, 2.05) is 7.05 Å². The zero-order chi connectivity index (χ0) is 10.1. The molecule has 0 aliphatic heterocycles. The predicted octanol–water partition coefficient (Wildman–Crippen LogP) is 0.898. The molecule has 0 radical (unpaired) electrons. The van der Waals surface area contributed by atoms with Crippen LogP contribution >= 0.6 is 0 Å². The molecule has 0 spiro atoms. The summed E-state index contributed by atoms with van der Waals surface area (Å²) in [5.74, 6) is 0.468. The van der Waals surface area contributed by atoms with Crippen molar-refractivity contribution in [1.29, 1.82) is 0 Å². The molecule has 4 nitrogen and oxygen atoms in total. The van der Waals surface area contributed by atoms with Crippen LogP contribution in [0.15, 0.2) is 18.3 Å². The molecule has 0 aromatic carbocycles. The molecule has 1 saturated carbocycles. The fourth-order valence-electron chi connectivity index (χ4n) is 1.36. The number of nitrogen functional groups attached to an aromatic ring is 1. The number of hydrogen-bond acceptors (Lipinski definition) is 3. The number of anilines is 1. The van der Waals surface area contributed by atoms with Crippen molar-refractivity contribution in [1.82, 2.24) is 9.88 Å². The molecule has 0 bridgehead atoms. The second-order valence-corrected chi connectivity index (χ2v) is 3.62. The van der Waals surface area contributed by atoms with Crippen molar-refractivity contribution < 1.29 is 4.79 Å². The van der Waals surface area contributed by atoms with Gasteiger partial charge in [0.2, 0.25) is 0 Å². The molecule has 74 valence electrons. The summed E-state index contributed by atoms with van der Waals surface area (Å²) in [7, 11) is 1.83. The van der Waals surface area contributed by atoms with Gasteiger partial charge in [-0.1, -0.05) is 0 Å². The molecule has 0 unspecified atom stereocenters. The number of amides is 1. The normalized spacial score (nSPS) is 15.2. The van der Waals surface area contributed by atoms with Crippen LogP contribution < -0.4 is 5.73 Å². The third-order valence-electron chi connectivity index (χ3n) is 2.45. The highest BCUT2D eigenvalue weighted by Gasteiger charge is 2.29. The minimum atomic E-state index is 0.0278. The predicted molar refractivity (Wildman–Crippen MR) is 53.8 cm³/mol. The SMILES string of the molecule is CN(C(=O)c1ccc(N)nc1)C1CC1. The third kappa shape index (κ3) is 1.69. The van der Waals surface area contributed by atoms with Crippen molar-refractivity contribution >= 4 is 11.7 Å². The van der Waals surface area contributed by atoms with Gasteiger partial charge in [0.25, 0.3) is 5.91 Å². The van der Waals surface area contributed by atoms with Crippen molar-refractivity contribution in [2.24, 2.45) is 0 Å². The summed E-state index contributed by atoms with van der Waals surface area (Å²) in [5, 5.41) is 0. The van der Waals surface area contributed by atoms with E-state index in [4.69, 9.17) is 5.73 Å². The standard InChI is InChI=1S/C10H13N3O/c1-13(8-3-4-8)10(14)7-2-5-9(11)12-6-7/h2,5-6,8H,3-4H2,1H3,(H2,11,12). The Bertz CT molecular complexity index is 343. The number of aromatic nitrogens is 1. The van der Waals surface area contributed by atoms with E-state index in [-0.39, 0.29) is 5.91 Å². The van der Waals surface area contributed by atoms with Gasteiger partial charge in [-0.3, -0.25) is 4.79 Å². The van der Waals surface area contributed by atoms with Gasteiger partial charge in [-0.05, 0) is 25.0 Å². The lowest BCUT2D eigenvalue weighted by Crippen LogP contribution is -2.28. The lowest BCUT2D eigenvalue weighted by atomic mass is 10.2. The molecule has 1 fully saturated rings. The molecule has 14 heavy (non-hydrogen) atoms. The number of rotatable bonds is 2. The molecule has 0 atom stereocenters. The van der Waals surface area contributed by atoms with Crippen LogP contribution in [0, 0.1) is 0 Å². The van der Waals surface area contributed by atoms with Crippen LogP contribution in [-0.2, 0) is 0 Å². The largest absolute Gasteiger partial charge is 0.384 e. The van der Waals surface area contributed by atoms with Crippen LogP contribution in [0.25, 0.3) is 0 Å². The fourth-order valence-corrected chi connectivity index (χ4v) is 1.36. The van der Waals surface area contributed by atoms with E-state index in [0.717, 1.165) is 12.8 Å². The van der Waals surface area contributed by atoms with Gasteiger partial charge in [0, 0.05) is 19.3 Å². The maximum absolute atomic E-state index is 11.8. The fraction of sp³-hybridized carbons (Fsp3) is 0.400. The summed E-state index contributed by atoms with van der Waals surface area (Å²) in [6.07, 6.45) is 3.76. The first kappa shape index (κ1) is 8.99. The van der Waals surface area contributed by atoms with Crippen molar-refractivity contribution in [3.8, 4) is 0 Å². The maximum Gasteiger partial charge on any atom is 0.255 e. The van der Waals surface area contributed by atoms with Gasteiger partial charge in [0.05, 0.1) is 5.56 Å². The van der Waals surface area contributed by atoms with Crippen molar-refractivity contribution in [2.45, 2.75) is 18.9 Å². The number of nitrogens with zero attached hydrogens (tertiary/aromatic N) is 2. The summed E-state index contributed by atoms with van der Waals surface area (Å²) < 4.78 is 0. The molecule has 2 rings (SSSR count). The summed E-state index contributed by atoms with van der Waals surface area (Å²) in [6.45, 7) is 0. The van der Waals surface area contributed by atoms with Crippen LogP contribution in [-0.4, -0.2) is 28.9 Å². The van der Waals surface area contributed by atoms with Gasteiger partial charge < -0.3 is 10.6 Å². The highest BCUT2D eigenvalue weighted by Crippen LogP contribution is 2.26.